The summed E-state index contributed by atoms with van der Waals surface area (Å²) in [5, 5.41) is 11.4. The largest absolute Gasteiger partial charge is 0.494 e. The van der Waals surface area contributed by atoms with Gasteiger partial charge in [0.25, 0.3) is 5.56 Å². The topological polar surface area (TPSA) is 103 Å². The Bertz CT molecular complexity index is 1100. The number of fused-ring (bicyclic) bond motifs is 1. The van der Waals surface area contributed by atoms with E-state index in [1.54, 1.807) is 0 Å². The maximum absolute atomic E-state index is 12.1. The SMILES string of the molecule is C=CCn1c(O)c(C=N[C@@H](CC)Cc2c[nH]c3ccccc23)c(=O)[nH]c1=O. The first-order valence-corrected chi connectivity index (χ1v) is 8.80. The molecule has 0 radical (unpaired) electrons. The Labute approximate surface area is 155 Å². The minimum Gasteiger partial charge on any atom is -0.494 e. The first-order chi connectivity index (χ1) is 13.0. The van der Waals surface area contributed by atoms with Gasteiger partial charge in [0, 0.05) is 29.9 Å². The van der Waals surface area contributed by atoms with Crippen molar-refractivity contribution < 1.29 is 5.11 Å². The number of aromatic nitrogens is 3. The van der Waals surface area contributed by atoms with Crippen LogP contribution in [0.3, 0.4) is 0 Å². The molecule has 0 bridgehead atoms. The number of rotatable bonds is 7. The van der Waals surface area contributed by atoms with Gasteiger partial charge in [-0.25, -0.2) is 4.79 Å². The summed E-state index contributed by atoms with van der Waals surface area (Å²) >= 11 is 0. The number of hydrogen-bond acceptors (Lipinski definition) is 4. The molecule has 0 unspecified atom stereocenters. The molecule has 27 heavy (non-hydrogen) atoms. The molecular weight excluding hydrogens is 344 g/mol. The van der Waals surface area contributed by atoms with Crippen LogP contribution in [0.5, 0.6) is 5.88 Å². The van der Waals surface area contributed by atoms with Gasteiger partial charge in [0.2, 0.25) is 5.88 Å². The van der Waals surface area contributed by atoms with E-state index >= 15 is 0 Å². The minimum absolute atomic E-state index is 0.0335. The third-order valence-electron chi connectivity index (χ3n) is 4.53. The van der Waals surface area contributed by atoms with Crippen molar-refractivity contribution in [1.82, 2.24) is 14.5 Å². The van der Waals surface area contributed by atoms with Gasteiger partial charge in [-0.15, -0.1) is 6.58 Å². The van der Waals surface area contributed by atoms with Crippen molar-refractivity contribution >= 4 is 17.1 Å². The highest BCUT2D eigenvalue weighted by atomic mass is 16.3. The van der Waals surface area contributed by atoms with Crippen LogP contribution in [0.1, 0.15) is 24.5 Å². The van der Waals surface area contributed by atoms with E-state index in [4.69, 9.17) is 0 Å². The average Bonchev–Trinajstić information content (AvgIpc) is 3.06. The zero-order valence-corrected chi connectivity index (χ0v) is 15.1. The molecule has 0 saturated heterocycles. The van der Waals surface area contributed by atoms with Crippen molar-refractivity contribution in [2.75, 3.05) is 0 Å². The number of nitrogens with one attached hydrogen (secondary N) is 2. The van der Waals surface area contributed by atoms with Crippen LogP contribution in [-0.2, 0) is 13.0 Å². The second-order valence-electron chi connectivity index (χ2n) is 6.30. The molecule has 0 amide bonds. The lowest BCUT2D eigenvalue weighted by Crippen LogP contribution is -2.32. The van der Waals surface area contributed by atoms with Gasteiger partial charge in [0.05, 0.1) is 6.04 Å². The second kappa shape index (κ2) is 7.90. The summed E-state index contributed by atoms with van der Waals surface area (Å²) in [6.07, 6.45) is 6.24. The molecule has 3 rings (SSSR count). The van der Waals surface area contributed by atoms with Crippen LogP contribution in [0.15, 0.2) is 57.7 Å². The number of benzene rings is 1. The first-order valence-electron chi connectivity index (χ1n) is 8.80. The molecule has 7 heteroatoms. The summed E-state index contributed by atoms with van der Waals surface area (Å²) in [6, 6.07) is 7.97. The summed E-state index contributed by atoms with van der Waals surface area (Å²) in [6.45, 7) is 5.65. The van der Waals surface area contributed by atoms with Gasteiger partial charge in [-0.2, -0.15) is 0 Å². The van der Waals surface area contributed by atoms with Crippen molar-refractivity contribution in [2.24, 2.45) is 4.99 Å². The standard InChI is InChI=1S/C20H22N4O3/c1-3-9-24-19(26)16(18(25)23-20(24)27)12-21-14(4-2)10-13-11-22-17-8-6-5-7-15(13)17/h3,5-8,11-12,14,22,26H,1,4,9-10H2,2H3,(H,23,25,27)/t14-/m0/s1. The highest BCUT2D eigenvalue weighted by Gasteiger charge is 2.13. The molecule has 1 aromatic carbocycles. The van der Waals surface area contributed by atoms with Gasteiger partial charge in [-0.05, 0) is 24.5 Å². The molecule has 0 aliphatic rings. The predicted molar refractivity (Wildman–Crippen MR) is 107 cm³/mol. The van der Waals surface area contributed by atoms with Crippen molar-refractivity contribution in [3.05, 3.63) is 75.1 Å². The van der Waals surface area contributed by atoms with Crippen LogP contribution >= 0.6 is 0 Å². The molecule has 0 fully saturated rings. The first kappa shape index (κ1) is 18.4. The number of aromatic amines is 2. The lowest BCUT2D eigenvalue weighted by Gasteiger charge is -2.10. The molecule has 0 saturated carbocycles. The Hall–Kier alpha value is -3.35. The van der Waals surface area contributed by atoms with Crippen LogP contribution in [-0.4, -0.2) is 31.9 Å². The minimum atomic E-state index is -0.680. The summed E-state index contributed by atoms with van der Waals surface area (Å²) in [5.41, 5.74) is 0.832. The number of nitrogens with zero attached hydrogens (tertiary/aromatic N) is 2. The molecule has 3 N–H and O–H groups in total. The van der Waals surface area contributed by atoms with Crippen LogP contribution in [0.2, 0.25) is 0 Å². The summed E-state index contributed by atoms with van der Waals surface area (Å²) in [4.78, 5) is 33.8. The maximum atomic E-state index is 12.1. The number of H-pyrrole nitrogens is 2. The number of allylic oxidation sites excluding steroid dienone is 1. The smallest absolute Gasteiger partial charge is 0.331 e. The molecular formula is C20H22N4O3. The normalized spacial score (nSPS) is 12.6. The molecule has 2 aromatic heterocycles. The van der Waals surface area contributed by atoms with E-state index in [9.17, 15) is 14.7 Å². The fourth-order valence-electron chi connectivity index (χ4n) is 3.03. The Morgan fingerprint density at radius 1 is 1.33 bits per heavy atom. The number of aliphatic imine (C=N–C) groups is 1. The molecule has 2 heterocycles. The fourth-order valence-corrected chi connectivity index (χ4v) is 3.03. The van der Waals surface area contributed by atoms with Crippen molar-refractivity contribution in [1.29, 1.82) is 0 Å². The van der Waals surface area contributed by atoms with Crippen molar-refractivity contribution in [3.8, 4) is 5.88 Å². The summed E-state index contributed by atoms with van der Waals surface area (Å²) in [7, 11) is 0. The van der Waals surface area contributed by atoms with E-state index < -0.39 is 17.1 Å². The fraction of sp³-hybridized carbons (Fsp3) is 0.250. The van der Waals surface area contributed by atoms with Crippen LogP contribution in [0.25, 0.3) is 10.9 Å². The third kappa shape index (κ3) is 3.76. The van der Waals surface area contributed by atoms with E-state index in [0.29, 0.717) is 6.42 Å². The van der Waals surface area contributed by atoms with Crippen LogP contribution in [0, 0.1) is 0 Å². The van der Waals surface area contributed by atoms with Gasteiger partial charge in [-0.1, -0.05) is 31.2 Å². The monoisotopic (exact) mass is 366 g/mol. The van der Waals surface area contributed by atoms with E-state index in [0.717, 1.165) is 27.5 Å². The van der Waals surface area contributed by atoms with Crippen molar-refractivity contribution in [2.45, 2.75) is 32.4 Å². The van der Waals surface area contributed by atoms with E-state index in [2.05, 4.69) is 27.6 Å². The highest BCUT2D eigenvalue weighted by molar-refractivity contribution is 5.83. The lowest BCUT2D eigenvalue weighted by atomic mass is 10.0. The number of aromatic hydroxyl groups is 1. The molecule has 3 aromatic rings. The molecule has 1 atom stereocenters. The quantitative estimate of drug-likeness (QED) is 0.442. The zero-order chi connectivity index (χ0) is 19.4. The predicted octanol–water partition coefficient (Wildman–Crippen LogP) is 2.35. The Kier molecular flexibility index (Phi) is 5.40. The van der Waals surface area contributed by atoms with Gasteiger partial charge < -0.3 is 10.1 Å². The average molecular weight is 366 g/mol. The Morgan fingerprint density at radius 2 is 2.11 bits per heavy atom. The molecule has 0 aliphatic carbocycles. The third-order valence-corrected chi connectivity index (χ3v) is 4.53. The van der Waals surface area contributed by atoms with Crippen molar-refractivity contribution in [3.63, 3.8) is 0 Å². The van der Waals surface area contributed by atoms with E-state index in [1.807, 2.05) is 31.3 Å². The van der Waals surface area contributed by atoms with Gasteiger partial charge in [0.15, 0.2) is 0 Å². The summed E-state index contributed by atoms with van der Waals surface area (Å²) in [5.74, 6) is -0.408. The number of para-hydroxylation sites is 1. The molecule has 140 valence electrons. The maximum Gasteiger partial charge on any atom is 0.331 e. The molecule has 0 spiro atoms. The second-order valence-corrected chi connectivity index (χ2v) is 6.30. The highest BCUT2D eigenvalue weighted by Crippen LogP contribution is 2.20. The van der Waals surface area contributed by atoms with Crippen LogP contribution < -0.4 is 11.2 Å². The Balaban J connectivity index is 1.89. The molecule has 7 nitrogen and oxygen atoms in total. The summed E-state index contributed by atoms with van der Waals surface area (Å²) < 4.78 is 1.04. The van der Waals surface area contributed by atoms with Gasteiger partial charge >= 0.3 is 5.69 Å². The van der Waals surface area contributed by atoms with E-state index in [1.165, 1.54) is 12.3 Å². The molecule has 0 aliphatic heterocycles. The number of hydrogen-bond donors (Lipinski definition) is 3. The zero-order valence-electron chi connectivity index (χ0n) is 15.1. The van der Waals surface area contributed by atoms with Gasteiger partial charge in [-0.3, -0.25) is 19.3 Å². The van der Waals surface area contributed by atoms with E-state index in [-0.39, 0.29) is 18.2 Å². The lowest BCUT2D eigenvalue weighted by molar-refractivity contribution is 0.410. The van der Waals surface area contributed by atoms with Gasteiger partial charge in [0.1, 0.15) is 5.56 Å². The Morgan fingerprint density at radius 3 is 2.85 bits per heavy atom. The van der Waals surface area contributed by atoms with Crippen LogP contribution in [0.4, 0.5) is 0 Å².